The van der Waals surface area contributed by atoms with E-state index in [0.29, 0.717) is 29.1 Å². The first-order valence-electron chi connectivity index (χ1n) is 13.6. The Bertz CT molecular complexity index is 1640. The Hall–Kier alpha value is -3.40. The topological polar surface area (TPSA) is 60.4 Å². The number of imidazole rings is 1. The third kappa shape index (κ3) is 3.94. The molecule has 0 unspecified atom stereocenters. The maximum Gasteiger partial charge on any atom is 0.418 e. The van der Waals surface area contributed by atoms with Crippen LogP contribution in [0.1, 0.15) is 61.5 Å². The fourth-order valence-corrected chi connectivity index (χ4v) is 7.10. The number of likely N-dealkylation sites (tertiary alicyclic amines) is 1. The largest absolute Gasteiger partial charge is 0.418 e. The van der Waals surface area contributed by atoms with Gasteiger partial charge in [0.05, 0.1) is 22.2 Å². The summed E-state index contributed by atoms with van der Waals surface area (Å²) in [4.78, 5) is 15.8. The van der Waals surface area contributed by atoms with E-state index in [-0.39, 0.29) is 10.9 Å². The molecular formula is C29H31F3N6O. The third-order valence-corrected chi connectivity index (χ3v) is 9.22. The van der Waals surface area contributed by atoms with Gasteiger partial charge in [0.2, 0.25) is 0 Å². The van der Waals surface area contributed by atoms with Gasteiger partial charge in [-0.15, -0.1) is 10.2 Å². The molecule has 1 aromatic carbocycles. The molecule has 4 aromatic rings. The highest BCUT2D eigenvalue weighted by molar-refractivity contribution is 5.58. The molecule has 39 heavy (non-hydrogen) atoms. The summed E-state index contributed by atoms with van der Waals surface area (Å²) >= 11 is 0. The number of pyridine rings is 1. The lowest BCUT2D eigenvalue weighted by Gasteiger charge is -2.46. The normalized spacial score (nSPS) is 24.5. The minimum absolute atomic E-state index is 0.137. The number of alkyl halides is 3. The lowest BCUT2D eigenvalue weighted by Crippen LogP contribution is -2.43. The number of halogens is 3. The van der Waals surface area contributed by atoms with E-state index < -0.39 is 17.4 Å². The van der Waals surface area contributed by atoms with Crippen LogP contribution in [0.25, 0.3) is 11.2 Å². The molecule has 0 atom stereocenters. The number of rotatable bonds is 5. The summed E-state index contributed by atoms with van der Waals surface area (Å²) in [6.07, 6.45) is 5.27. The van der Waals surface area contributed by atoms with Crippen molar-refractivity contribution in [3.05, 3.63) is 82.1 Å². The molecule has 2 saturated carbocycles. The van der Waals surface area contributed by atoms with Gasteiger partial charge in [-0.25, -0.2) is 4.79 Å². The summed E-state index contributed by atoms with van der Waals surface area (Å²) in [5.41, 5.74) is 0.626. The summed E-state index contributed by atoms with van der Waals surface area (Å²) in [6.45, 7) is 4.40. The molecule has 1 spiro atoms. The van der Waals surface area contributed by atoms with Crippen LogP contribution in [-0.2, 0) is 25.2 Å². The van der Waals surface area contributed by atoms with Gasteiger partial charge in [0, 0.05) is 32.5 Å². The molecule has 3 aliphatic rings. The Morgan fingerprint density at radius 2 is 1.90 bits per heavy atom. The van der Waals surface area contributed by atoms with Crippen molar-refractivity contribution in [2.75, 3.05) is 13.1 Å². The number of hydrogen-bond donors (Lipinski definition) is 0. The smallest absolute Gasteiger partial charge is 0.320 e. The van der Waals surface area contributed by atoms with Gasteiger partial charge in [-0.05, 0) is 79.3 Å². The average Bonchev–Trinajstić information content (AvgIpc) is 3.15. The number of fused-ring (bicyclic) bond motifs is 1. The summed E-state index contributed by atoms with van der Waals surface area (Å²) in [5, 5.41) is 8.47. The zero-order valence-corrected chi connectivity index (χ0v) is 22.1. The lowest BCUT2D eigenvalue weighted by atomic mass is 9.58. The Morgan fingerprint density at radius 1 is 1.10 bits per heavy atom. The highest BCUT2D eigenvalue weighted by atomic mass is 19.4. The lowest BCUT2D eigenvalue weighted by molar-refractivity contribution is -0.136. The van der Waals surface area contributed by atoms with Gasteiger partial charge in [0.15, 0.2) is 0 Å². The average molecular weight is 537 g/mol. The number of hydrogen-bond acceptors (Lipinski definition) is 4. The van der Waals surface area contributed by atoms with Crippen LogP contribution in [0.3, 0.4) is 0 Å². The number of aromatic nitrogens is 5. The minimum Gasteiger partial charge on any atom is -0.320 e. The molecule has 7 rings (SSSR count). The van der Waals surface area contributed by atoms with Crippen LogP contribution < -0.4 is 5.69 Å². The SMILES string of the molecule is Cn1cnnc1[C@]1(c2cccc(-n3cc4c(C(F)(F)F)cc(CN5CCC6(CC6)C5)cn4c3=O)c2)C[C@H](C)C1. The van der Waals surface area contributed by atoms with E-state index in [0.717, 1.165) is 48.1 Å². The predicted octanol–water partition coefficient (Wildman–Crippen LogP) is 4.94. The molecule has 0 N–H and O–H groups in total. The van der Waals surface area contributed by atoms with Crippen LogP contribution in [0, 0.1) is 11.3 Å². The first-order valence-corrected chi connectivity index (χ1v) is 13.6. The zero-order valence-electron chi connectivity index (χ0n) is 22.1. The predicted molar refractivity (Wildman–Crippen MR) is 140 cm³/mol. The number of benzene rings is 1. The zero-order chi connectivity index (χ0) is 27.2. The summed E-state index contributed by atoms with van der Waals surface area (Å²) in [6, 6.07) is 8.76. The van der Waals surface area contributed by atoms with Crippen molar-refractivity contribution >= 4 is 5.52 Å². The summed E-state index contributed by atoms with van der Waals surface area (Å²) in [5.74, 6) is 1.36. The van der Waals surface area contributed by atoms with Crippen molar-refractivity contribution in [2.24, 2.45) is 18.4 Å². The molecule has 10 heteroatoms. The van der Waals surface area contributed by atoms with Crippen LogP contribution in [0.15, 0.2) is 53.8 Å². The molecule has 3 aromatic heterocycles. The molecule has 204 valence electrons. The van der Waals surface area contributed by atoms with Gasteiger partial charge < -0.3 is 4.57 Å². The standard InChI is InChI=1S/C29H31F3N6O/c1-19-12-28(13-19,25-34-33-18-35(25)2)21-4-3-5-22(11-21)37-16-24-23(29(30,31)32)10-20(15-38(24)26(37)39)14-36-9-8-27(17-36)6-7-27/h3-5,10-11,15-16,18-19H,6-9,12-14,17H2,1-2H3/t19-,28+. The van der Waals surface area contributed by atoms with Crippen LogP contribution in [0.2, 0.25) is 0 Å². The molecule has 3 fully saturated rings. The van der Waals surface area contributed by atoms with Gasteiger partial charge in [-0.3, -0.25) is 13.9 Å². The van der Waals surface area contributed by atoms with Gasteiger partial charge in [-0.2, -0.15) is 13.2 Å². The van der Waals surface area contributed by atoms with Gasteiger partial charge in [0.1, 0.15) is 12.2 Å². The van der Waals surface area contributed by atoms with E-state index in [9.17, 15) is 18.0 Å². The summed E-state index contributed by atoms with van der Waals surface area (Å²) in [7, 11) is 1.91. The number of nitrogens with zero attached hydrogens (tertiary/aromatic N) is 6. The molecule has 0 radical (unpaired) electrons. The molecule has 0 bridgehead atoms. The van der Waals surface area contributed by atoms with Crippen molar-refractivity contribution in [2.45, 2.75) is 57.2 Å². The molecule has 7 nitrogen and oxygen atoms in total. The molecule has 4 heterocycles. The maximum atomic E-state index is 14.2. The van der Waals surface area contributed by atoms with Crippen LogP contribution in [0.4, 0.5) is 13.2 Å². The van der Waals surface area contributed by atoms with E-state index in [2.05, 4.69) is 22.0 Å². The van der Waals surface area contributed by atoms with Gasteiger partial charge >= 0.3 is 11.9 Å². The van der Waals surface area contributed by atoms with E-state index >= 15 is 0 Å². The third-order valence-electron chi connectivity index (χ3n) is 9.22. The molecule has 1 aliphatic heterocycles. The molecule has 2 aliphatic carbocycles. The van der Waals surface area contributed by atoms with E-state index in [4.69, 9.17) is 0 Å². The Balaban J connectivity index is 1.31. The Kier molecular flexibility index (Phi) is 5.24. The minimum atomic E-state index is -4.58. The second kappa shape index (κ2) is 8.30. The van der Waals surface area contributed by atoms with Crippen molar-refractivity contribution in [1.29, 1.82) is 0 Å². The fourth-order valence-electron chi connectivity index (χ4n) is 7.10. The van der Waals surface area contributed by atoms with E-state index in [1.165, 1.54) is 29.7 Å². The van der Waals surface area contributed by atoms with Crippen molar-refractivity contribution in [3.63, 3.8) is 0 Å². The van der Waals surface area contributed by atoms with Crippen molar-refractivity contribution in [1.82, 2.24) is 28.6 Å². The molecule has 1 saturated heterocycles. The fraction of sp³-hybridized carbons (Fsp3) is 0.483. The Labute approximate surface area is 223 Å². The van der Waals surface area contributed by atoms with Crippen molar-refractivity contribution < 1.29 is 13.2 Å². The first kappa shape index (κ1) is 24.6. The van der Waals surface area contributed by atoms with Crippen LogP contribution in [0.5, 0.6) is 0 Å². The maximum absolute atomic E-state index is 14.2. The highest BCUT2D eigenvalue weighted by Crippen LogP contribution is 2.53. The number of aryl methyl sites for hydroxylation is 1. The van der Waals surface area contributed by atoms with Crippen LogP contribution in [-0.4, -0.2) is 41.7 Å². The molecule has 0 amide bonds. The van der Waals surface area contributed by atoms with E-state index in [1.54, 1.807) is 18.6 Å². The quantitative estimate of drug-likeness (QED) is 0.363. The van der Waals surface area contributed by atoms with Gasteiger partial charge in [-0.1, -0.05) is 19.1 Å². The second-order valence-corrected chi connectivity index (χ2v) is 12.2. The van der Waals surface area contributed by atoms with Crippen LogP contribution >= 0.6 is 0 Å². The first-order chi connectivity index (χ1) is 18.6. The van der Waals surface area contributed by atoms with Crippen molar-refractivity contribution in [3.8, 4) is 5.69 Å². The molecular weight excluding hydrogens is 505 g/mol. The monoisotopic (exact) mass is 536 g/mol. The Morgan fingerprint density at radius 3 is 2.54 bits per heavy atom. The highest BCUT2D eigenvalue weighted by Gasteiger charge is 2.49. The summed E-state index contributed by atoms with van der Waals surface area (Å²) < 4.78 is 47.1. The van der Waals surface area contributed by atoms with E-state index in [1.807, 2.05) is 29.8 Å². The second-order valence-electron chi connectivity index (χ2n) is 12.2. The van der Waals surface area contributed by atoms with Gasteiger partial charge in [0.25, 0.3) is 0 Å².